The van der Waals surface area contributed by atoms with Crippen LogP contribution in [0.4, 0.5) is 0 Å². The zero-order valence-electron chi connectivity index (χ0n) is 23.5. The van der Waals surface area contributed by atoms with Gasteiger partial charge in [-0.3, -0.25) is 0 Å². The van der Waals surface area contributed by atoms with Crippen molar-refractivity contribution in [2.24, 2.45) is 10.9 Å². The van der Waals surface area contributed by atoms with Crippen LogP contribution in [0.1, 0.15) is 30.9 Å². The number of phenolic OH excluding ortho intramolecular Hbond substituents is 1. The minimum absolute atomic E-state index is 0. The van der Waals surface area contributed by atoms with Gasteiger partial charge in [-0.15, -0.1) is 12.4 Å². The number of oxime groups is 1. The second kappa shape index (κ2) is 15.6. The van der Waals surface area contributed by atoms with Crippen LogP contribution in [-0.2, 0) is 35.8 Å². The standard InChI is InChI=1S/C28H33N3O9S2.ClH/c1-3-4-15-39-27(33)18-40-24-16-20(22-7-5-6-8-25(22)41(2,35)36)10-9-19(24)13-14-30-42(37,38)26-17-21(28(29)31-34)11-12-23(26)32;/h5-12,16-17,30,32,34H,3-4,13-15,18H2,1-2H3,(H2,29,31);1H. The lowest BCUT2D eigenvalue weighted by Crippen LogP contribution is -2.27. The Balaban J connectivity index is 0.00000645. The summed E-state index contributed by atoms with van der Waals surface area (Å²) in [6, 6.07) is 14.8. The number of aromatic hydroxyl groups is 1. The number of halogens is 1. The Morgan fingerprint density at radius 1 is 1.02 bits per heavy atom. The number of nitrogens with one attached hydrogen (secondary N) is 1. The molecule has 0 radical (unpaired) electrons. The molecule has 0 unspecified atom stereocenters. The van der Waals surface area contributed by atoms with E-state index in [4.69, 9.17) is 20.4 Å². The summed E-state index contributed by atoms with van der Waals surface area (Å²) < 4.78 is 63.9. The Morgan fingerprint density at radius 3 is 2.42 bits per heavy atom. The number of rotatable bonds is 14. The van der Waals surface area contributed by atoms with Gasteiger partial charge in [0.05, 0.1) is 11.5 Å². The SMILES string of the molecule is CCCCOC(=O)COc1cc(-c2ccccc2S(C)(=O)=O)ccc1CCNS(=O)(=O)c1cc(/C(N)=N/O)ccc1O.Cl. The first-order valence-corrected chi connectivity index (χ1v) is 16.3. The van der Waals surface area contributed by atoms with Crippen molar-refractivity contribution in [2.45, 2.75) is 36.0 Å². The monoisotopic (exact) mass is 655 g/mol. The van der Waals surface area contributed by atoms with E-state index >= 15 is 0 Å². The van der Waals surface area contributed by atoms with E-state index in [1.54, 1.807) is 36.4 Å². The van der Waals surface area contributed by atoms with E-state index < -0.39 is 43.1 Å². The second-order valence-corrected chi connectivity index (χ2v) is 13.0. The Kier molecular flexibility index (Phi) is 12.8. The summed E-state index contributed by atoms with van der Waals surface area (Å²) in [6.45, 7) is 1.67. The number of ether oxygens (including phenoxy) is 2. The maximum Gasteiger partial charge on any atom is 0.344 e. The van der Waals surface area contributed by atoms with E-state index in [9.17, 15) is 26.7 Å². The molecule has 0 fully saturated rings. The van der Waals surface area contributed by atoms with Crippen molar-refractivity contribution in [1.82, 2.24) is 4.72 Å². The van der Waals surface area contributed by atoms with Crippen molar-refractivity contribution in [3.05, 3.63) is 71.8 Å². The molecule has 0 aliphatic rings. The molecule has 0 aromatic heterocycles. The normalized spacial score (nSPS) is 11.9. The highest BCUT2D eigenvalue weighted by Gasteiger charge is 2.21. The molecule has 5 N–H and O–H groups in total. The molecule has 0 aliphatic carbocycles. The molecule has 0 saturated heterocycles. The maximum atomic E-state index is 12.9. The number of hydrogen-bond donors (Lipinski definition) is 4. The molecule has 0 saturated carbocycles. The van der Waals surface area contributed by atoms with Gasteiger partial charge in [0.2, 0.25) is 10.0 Å². The Bertz CT molecular complexity index is 1680. The molecule has 12 nitrogen and oxygen atoms in total. The summed E-state index contributed by atoms with van der Waals surface area (Å²) in [5.41, 5.74) is 7.10. The number of hydrogen-bond acceptors (Lipinski definition) is 10. The summed E-state index contributed by atoms with van der Waals surface area (Å²) in [5.74, 6) is -1.22. The van der Waals surface area contributed by atoms with Crippen LogP contribution in [0.25, 0.3) is 11.1 Å². The summed E-state index contributed by atoms with van der Waals surface area (Å²) in [6.07, 6.45) is 2.76. The van der Waals surface area contributed by atoms with Gasteiger partial charge < -0.3 is 25.5 Å². The van der Waals surface area contributed by atoms with Gasteiger partial charge in [0, 0.05) is 23.9 Å². The molecule has 43 heavy (non-hydrogen) atoms. The zero-order valence-corrected chi connectivity index (χ0v) is 26.0. The molecule has 0 amide bonds. The number of amidine groups is 1. The number of unbranched alkanes of at least 4 members (excludes halogenated alkanes) is 1. The van der Waals surface area contributed by atoms with Gasteiger partial charge in [-0.25, -0.2) is 26.4 Å². The molecule has 3 aromatic carbocycles. The van der Waals surface area contributed by atoms with E-state index in [2.05, 4.69) is 9.88 Å². The highest BCUT2D eigenvalue weighted by atomic mass is 35.5. The Hall–Kier alpha value is -3.85. The number of sulfonamides is 1. The molecule has 0 bridgehead atoms. The third-order valence-electron chi connectivity index (χ3n) is 6.11. The van der Waals surface area contributed by atoms with Crippen molar-refractivity contribution >= 4 is 44.1 Å². The van der Waals surface area contributed by atoms with Gasteiger partial charge in [0.15, 0.2) is 22.3 Å². The van der Waals surface area contributed by atoms with Crippen LogP contribution >= 0.6 is 12.4 Å². The lowest BCUT2D eigenvalue weighted by atomic mass is 10.0. The van der Waals surface area contributed by atoms with Crippen LogP contribution in [-0.4, -0.2) is 65.0 Å². The summed E-state index contributed by atoms with van der Waals surface area (Å²) in [4.78, 5) is 11.8. The molecule has 0 atom stereocenters. The van der Waals surface area contributed by atoms with E-state index in [0.29, 0.717) is 23.1 Å². The van der Waals surface area contributed by atoms with Gasteiger partial charge in [-0.2, -0.15) is 0 Å². The minimum atomic E-state index is -4.22. The van der Waals surface area contributed by atoms with Crippen LogP contribution in [0.5, 0.6) is 11.5 Å². The zero-order chi connectivity index (χ0) is 30.9. The molecule has 0 aliphatic heterocycles. The van der Waals surface area contributed by atoms with E-state index in [-0.39, 0.29) is 54.0 Å². The first-order valence-electron chi connectivity index (χ1n) is 12.9. The molecular weight excluding hydrogens is 622 g/mol. The summed E-state index contributed by atoms with van der Waals surface area (Å²) in [5, 5.41) is 21.9. The maximum absolute atomic E-state index is 12.9. The fraction of sp³-hybridized carbons (Fsp3) is 0.286. The molecule has 3 aromatic rings. The number of carbonyl (C=O) groups is 1. The molecule has 0 spiro atoms. The molecule has 0 heterocycles. The first-order chi connectivity index (χ1) is 19.9. The van der Waals surface area contributed by atoms with Crippen LogP contribution < -0.4 is 15.2 Å². The number of nitrogens with two attached hydrogens (primary N) is 1. The van der Waals surface area contributed by atoms with Crippen LogP contribution in [0, 0.1) is 0 Å². The number of benzene rings is 3. The largest absolute Gasteiger partial charge is 0.507 e. The third kappa shape index (κ3) is 9.58. The topological polar surface area (TPSA) is 195 Å². The second-order valence-electron chi connectivity index (χ2n) is 9.27. The van der Waals surface area contributed by atoms with E-state index in [1.807, 2.05) is 6.92 Å². The average molecular weight is 656 g/mol. The predicted molar refractivity (Wildman–Crippen MR) is 163 cm³/mol. The summed E-state index contributed by atoms with van der Waals surface area (Å²) >= 11 is 0. The highest BCUT2D eigenvalue weighted by molar-refractivity contribution is 7.91. The van der Waals surface area contributed by atoms with Gasteiger partial charge >= 0.3 is 5.97 Å². The van der Waals surface area contributed by atoms with Gasteiger partial charge in [0.25, 0.3) is 0 Å². The van der Waals surface area contributed by atoms with Crippen molar-refractivity contribution in [1.29, 1.82) is 0 Å². The molecule has 15 heteroatoms. The molecule has 3 rings (SSSR count). The fourth-order valence-electron chi connectivity index (χ4n) is 3.94. The summed E-state index contributed by atoms with van der Waals surface area (Å²) in [7, 11) is -7.78. The quantitative estimate of drug-likeness (QED) is 0.0500. The number of esters is 1. The van der Waals surface area contributed by atoms with Crippen molar-refractivity contribution in [3.63, 3.8) is 0 Å². The Morgan fingerprint density at radius 2 is 1.74 bits per heavy atom. The van der Waals surface area contributed by atoms with Gasteiger partial charge in [-0.05, 0) is 54.3 Å². The van der Waals surface area contributed by atoms with Crippen molar-refractivity contribution in [2.75, 3.05) is 26.0 Å². The fourth-order valence-corrected chi connectivity index (χ4v) is 6.01. The van der Waals surface area contributed by atoms with Crippen LogP contribution in [0.15, 0.2) is 75.6 Å². The lowest BCUT2D eigenvalue weighted by molar-refractivity contribution is -0.146. The van der Waals surface area contributed by atoms with Crippen LogP contribution in [0.3, 0.4) is 0 Å². The smallest absolute Gasteiger partial charge is 0.344 e. The molecular formula is C28H34ClN3O9S2. The van der Waals surface area contributed by atoms with E-state index in [0.717, 1.165) is 24.8 Å². The van der Waals surface area contributed by atoms with Crippen molar-refractivity contribution < 1.29 is 41.4 Å². The average Bonchev–Trinajstić information content (AvgIpc) is 2.96. The Labute approximate surface area is 256 Å². The number of sulfone groups is 1. The number of nitrogens with zero attached hydrogens (tertiary/aromatic N) is 1. The minimum Gasteiger partial charge on any atom is -0.507 e. The third-order valence-corrected chi connectivity index (χ3v) is 8.76. The molecule has 234 valence electrons. The van der Waals surface area contributed by atoms with Crippen LogP contribution in [0.2, 0.25) is 0 Å². The van der Waals surface area contributed by atoms with E-state index in [1.165, 1.54) is 12.1 Å². The van der Waals surface area contributed by atoms with Gasteiger partial charge in [-0.1, -0.05) is 48.8 Å². The predicted octanol–water partition coefficient (Wildman–Crippen LogP) is 3.22. The van der Waals surface area contributed by atoms with Gasteiger partial charge in [0.1, 0.15) is 16.4 Å². The number of phenols is 1. The first kappa shape index (κ1) is 35.3. The highest BCUT2D eigenvalue weighted by Crippen LogP contribution is 2.32. The van der Waals surface area contributed by atoms with Crippen molar-refractivity contribution in [3.8, 4) is 22.6 Å². The number of carbonyl (C=O) groups excluding carboxylic acids is 1. The lowest BCUT2D eigenvalue weighted by Gasteiger charge is -2.15.